The lowest BCUT2D eigenvalue weighted by Crippen LogP contribution is -2.49. The van der Waals surface area contributed by atoms with Gasteiger partial charge in [-0.1, -0.05) is 61.5 Å². The number of carbonyl (C=O) groups excluding carboxylic acids is 2. The molecule has 0 radical (unpaired) electrons. The number of rotatable bonds is 10. The van der Waals surface area contributed by atoms with Gasteiger partial charge in [0, 0.05) is 51.6 Å². The van der Waals surface area contributed by atoms with Crippen LogP contribution in [0.5, 0.6) is 0 Å². The minimum atomic E-state index is -1.13. The topological polar surface area (TPSA) is 148 Å². The predicted molar refractivity (Wildman–Crippen MR) is 164 cm³/mol. The van der Waals surface area contributed by atoms with Gasteiger partial charge in [-0.2, -0.15) is 5.10 Å². The third kappa shape index (κ3) is 6.84. The van der Waals surface area contributed by atoms with Crippen molar-refractivity contribution in [2.24, 2.45) is 12.8 Å². The number of amides is 2. The van der Waals surface area contributed by atoms with E-state index in [-0.39, 0.29) is 41.8 Å². The van der Waals surface area contributed by atoms with E-state index in [1.807, 2.05) is 66.4 Å². The average Bonchev–Trinajstić information content (AvgIpc) is 3.35. The lowest BCUT2D eigenvalue weighted by molar-refractivity contribution is -0.136. The van der Waals surface area contributed by atoms with Crippen molar-refractivity contribution in [2.45, 2.75) is 57.2 Å². The van der Waals surface area contributed by atoms with E-state index < -0.39 is 5.60 Å². The van der Waals surface area contributed by atoms with Crippen LogP contribution in [0.25, 0.3) is 22.3 Å². The molecule has 2 amide bonds. The first-order chi connectivity index (χ1) is 20.7. The number of aromatic nitrogens is 4. The lowest BCUT2D eigenvalue weighted by atomic mass is 9.90. The van der Waals surface area contributed by atoms with Gasteiger partial charge in [0.2, 0.25) is 11.8 Å². The van der Waals surface area contributed by atoms with E-state index in [0.29, 0.717) is 56.7 Å². The molecule has 43 heavy (non-hydrogen) atoms. The monoisotopic (exact) mass is 585 g/mol. The Bertz CT molecular complexity index is 1640. The quantitative estimate of drug-likeness (QED) is 0.259. The van der Waals surface area contributed by atoms with Crippen LogP contribution in [0, 0.1) is 0 Å². The first-order valence-corrected chi connectivity index (χ1v) is 14.7. The van der Waals surface area contributed by atoms with E-state index in [0.717, 1.165) is 16.7 Å². The van der Waals surface area contributed by atoms with Crippen LogP contribution in [-0.4, -0.2) is 66.4 Å². The number of aliphatic hydroxyl groups is 1. The second kappa shape index (κ2) is 12.9. The van der Waals surface area contributed by atoms with Crippen LogP contribution in [0.2, 0.25) is 0 Å². The highest BCUT2D eigenvalue weighted by molar-refractivity contribution is 5.89. The van der Waals surface area contributed by atoms with Crippen LogP contribution < -0.4 is 16.6 Å². The van der Waals surface area contributed by atoms with Crippen molar-refractivity contribution in [1.82, 2.24) is 29.5 Å². The van der Waals surface area contributed by atoms with Crippen LogP contribution >= 0.6 is 0 Å². The Balaban J connectivity index is 1.24. The van der Waals surface area contributed by atoms with E-state index in [4.69, 9.17) is 5.73 Å². The molecule has 1 saturated heterocycles. The summed E-state index contributed by atoms with van der Waals surface area (Å²) in [5.41, 5.74) is 8.28. The Morgan fingerprint density at radius 2 is 1.77 bits per heavy atom. The van der Waals surface area contributed by atoms with Crippen LogP contribution in [-0.2, 0) is 29.7 Å². The number of nitrogens with two attached hydrogens (primary N) is 1. The Morgan fingerprint density at radius 1 is 1.07 bits per heavy atom. The fourth-order valence-electron chi connectivity index (χ4n) is 5.67. The molecule has 3 heterocycles. The van der Waals surface area contributed by atoms with Gasteiger partial charge in [-0.25, -0.2) is 4.98 Å². The molecule has 5 rings (SSSR count). The summed E-state index contributed by atoms with van der Waals surface area (Å²) in [6, 6.07) is 17.6. The van der Waals surface area contributed by atoms with Crippen molar-refractivity contribution in [3.05, 3.63) is 82.4 Å². The summed E-state index contributed by atoms with van der Waals surface area (Å²) in [5, 5.41) is 18.7. The summed E-state index contributed by atoms with van der Waals surface area (Å²) in [7, 11) is 1.76. The van der Waals surface area contributed by atoms with Crippen molar-refractivity contribution in [3.63, 3.8) is 0 Å². The fourth-order valence-corrected chi connectivity index (χ4v) is 5.67. The summed E-state index contributed by atoms with van der Waals surface area (Å²) >= 11 is 0. The van der Waals surface area contributed by atoms with Crippen molar-refractivity contribution in [1.29, 1.82) is 0 Å². The smallest absolute Gasteiger partial charge is 0.281 e. The molecule has 1 fully saturated rings. The Morgan fingerprint density at radius 3 is 2.44 bits per heavy atom. The summed E-state index contributed by atoms with van der Waals surface area (Å²) in [6.45, 7) is 3.70. The van der Waals surface area contributed by atoms with E-state index in [2.05, 4.69) is 15.4 Å². The zero-order valence-corrected chi connectivity index (χ0v) is 24.7. The van der Waals surface area contributed by atoms with Crippen molar-refractivity contribution >= 4 is 22.8 Å². The second-order valence-electron chi connectivity index (χ2n) is 11.5. The fraction of sp³-hybridized carbons (Fsp3) is 0.406. The van der Waals surface area contributed by atoms with Crippen LogP contribution in [0.15, 0.2) is 65.7 Å². The number of aryl methyl sites for hydroxylation is 1. The van der Waals surface area contributed by atoms with E-state index >= 15 is 0 Å². The molecule has 0 aliphatic carbocycles. The zero-order valence-electron chi connectivity index (χ0n) is 24.7. The molecule has 11 nitrogen and oxygen atoms in total. The van der Waals surface area contributed by atoms with Crippen LogP contribution in [0.3, 0.4) is 0 Å². The van der Waals surface area contributed by atoms with Gasteiger partial charge in [0.1, 0.15) is 5.52 Å². The molecule has 1 atom stereocenters. The number of carbonyl (C=O) groups is 2. The highest BCUT2D eigenvalue weighted by atomic mass is 16.3. The van der Waals surface area contributed by atoms with Gasteiger partial charge >= 0.3 is 0 Å². The molecule has 11 heteroatoms. The molecule has 0 unspecified atom stereocenters. The van der Waals surface area contributed by atoms with Crippen molar-refractivity contribution in [3.8, 4) is 11.3 Å². The molecule has 2 aromatic carbocycles. The van der Waals surface area contributed by atoms with Crippen LogP contribution in [0.4, 0.5) is 0 Å². The number of hydrogen-bond acceptors (Lipinski definition) is 7. The van der Waals surface area contributed by atoms with Gasteiger partial charge in [0.25, 0.3) is 5.56 Å². The van der Waals surface area contributed by atoms with E-state index in [1.54, 1.807) is 11.7 Å². The highest BCUT2D eigenvalue weighted by Gasteiger charge is 2.35. The molecule has 2 aromatic heterocycles. The highest BCUT2D eigenvalue weighted by Crippen LogP contribution is 2.28. The van der Waals surface area contributed by atoms with E-state index in [9.17, 15) is 19.5 Å². The molecule has 4 N–H and O–H groups in total. The molecule has 0 saturated carbocycles. The Hall–Kier alpha value is -4.35. The van der Waals surface area contributed by atoms with Gasteiger partial charge in [0.15, 0.2) is 5.52 Å². The molecule has 4 aromatic rings. The molecule has 1 aliphatic rings. The number of benzene rings is 2. The minimum absolute atomic E-state index is 0.0732. The van der Waals surface area contributed by atoms with Gasteiger partial charge in [-0.05, 0) is 29.9 Å². The molecule has 0 spiro atoms. The number of hydrogen-bond donors (Lipinski definition) is 3. The Labute approximate surface area is 250 Å². The molecule has 1 aliphatic heterocycles. The van der Waals surface area contributed by atoms with Gasteiger partial charge < -0.3 is 21.1 Å². The standard InChI is InChI=1S/C32H39N7O4/c1-22(24-6-4-3-5-7-24)18-27(41)38-16-13-32(43,14-17-38)20-39-21-35-28-29(31(39)42)36-37(2)30(28)25-10-8-23(9-11-25)19-34-26(40)12-15-33/h3-11,21-22,43H,12-20,33H2,1-2H3,(H,34,40)/t22-/m1/s1. The maximum Gasteiger partial charge on any atom is 0.281 e. The lowest BCUT2D eigenvalue weighted by Gasteiger charge is -2.38. The maximum absolute atomic E-state index is 13.4. The number of fused-ring (bicyclic) bond motifs is 1. The second-order valence-corrected chi connectivity index (χ2v) is 11.5. The molecule has 0 bridgehead atoms. The molecular formula is C32H39N7O4. The third-order valence-electron chi connectivity index (χ3n) is 8.26. The number of piperidine rings is 1. The number of nitrogens with one attached hydrogen (secondary N) is 1. The number of nitrogens with zero attached hydrogens (tertiary/aromatic N) is 5. The van der Waals surface area contributed by atoms with Crippen molar-refractivity contribution < 1.29 is 14.7 Å². The Kier molecular flexibility index (Phi) is 9.02. The van der Waals surface area contributed by atoms with Gasteiger partial charge in [-0.15, -0.1) is 0 Å². The summed E-state index contributed by atoms with van der Waals surface area (Å²) < 4.78 is 3.05. The summed E-state index contributed by atoms with van der Waals surface area (Å²) in [5.74, 6) is 0.0899. The first-order valence-electron chi connectivity index (χ1n) is 14.7. The molecular weight excluding hydrogens is 546 g/mol. The minimum Gasteiger partial charge on any atom is -0.388 e. The maximum atomic E-state index is 13.4. The van der Waals surface area contributed by atoms with Gasteiger partial charge in [-0.3, -0.25) is 23.6 Å². The van der Waals surface area contributed by atoms with Gasteiger partial charge in [0.05, 0.1) is 24.2 Å². The zero-order chi connectivity index (χ0) is 30.6. The van der Waals surface area contributed by atoms with Crippen LogP contribution in [0.1, 0.15) is 49.7 Å². The largest absolute Gasteiger partial charge is 0.388 e. The van der Waals surface area contributed by atoms with Crippen molar-refractivity contribution in [2.75, 3.05) is 19.6 Å². The number of likely N-dealkylation sites (tertiary alicyclic amines) is 1. The summed E-state index contributed by atoms with van der Waals surface area (Å²) in [4.78, 5) is 44.5. The van der Waals surface area contributed by atoms with E-state index in [1.165, 1.54) is 10.9 Å². The third-order valence-corrected chi connectivity index (χ3v) is 8.26. The average molecular weight is 586 g/mol. The molecule has 226 valence electrons. The predicted octanol–water partition coefficient (Wildman–Crippen LogP) is 2.31. The first kappa shape index (κ1) is 30.1. The SMILES string of the molecule is C[C@H](CC(=O)N1CCC(O)(Cn2cnc3c(-c4ccc(CNC(=O)CCN)cc4)n(C)nc3c2=O)CC1)c1ccccc1. The summed E-state index contributed by atoms with van der Waals surface area (Å²) in [6.07, 6.45) is 2.91. The normalized spacial score (nSPS) is 15.4.